The summed E-state index contributed by atoms with van der Waals surface area (Å²) in [5.41, 5.74) is 1.04. The molecular formula is C13H8ClF3. The molecule has 0 aliphatic carbocycles. The van der Waals surface area contributed by atoms with Gasteiger partial charge in [-0.25, -0.2) is 13.2 Å². The zero-order valence-electron chi connectivity index (χ0n) is 8.90. The number of rotatable bonds is 1. The third kappa shape index (κ3) is 2.15. The summed E-state index contributed by atoms with van der Waals surface area (Å²) in [6.45, 7) is 1.72. The van der Waals surface area contributed by atoms with Crippen LogP contribution in [-0.2, 0) is 0 Å². The first kappa shape index (κ1) is 12.0. The Bertz CT molecular complexity index is 559. The maximum absolute atomic E-state index is 13.6. The van der Waals surface area contributed by atoms with Gasteiger partial charge in [0, 0.05) is 22.2 Å². The first-order valence-electron chi connectivity index (χ1n) is 4.90. The molecule has 2 aromatic carbocycles. The molecule has 0 unspecified atom stereocenters. The van der Waals surface area contributed by atoms with E-state index in [1.807, 2.05) is 0 Å². The van der Waals surface area contributed by atoms with Crippen LogP contribution in [0.3, 0.4) is 0 Å². The number of aryl methyl sites for hydroxylation is 1. The van der Waals surface area contributed by atoms with E-state index in [-0.39, 0.29) is 5.56 Å². The summed E-state index contributed by atoms with van der Waals surface area (Å²) < 4.78 is 39.6. The van der Waals surface area contributed by atoms with Gasteiger partial charge in [-0.2, -0.15) is 0 Å². The van der Waals surface area contributed by atoms with Crippen LogP contribution < -0.4 is 0 Å². The lowest BCUT2D eigenvalue weighted by Gasteiger charge is -2.10. The molecule has 0 radical (unpaired) electrons. The van der Waals surface area contributed by atoms with Gasteiger partial charge >= 0.3 is 0 Å². The van der Waals surface area contributed by atoms with Crippen LogP contribution in [0.1, 0.15) is 5.56 Å². The van der Waals surface area contributed by atoms with Crippen LogP contribution >= 0.6 is 11.6 Å². The third-order valence-electron chi connectivity index (χ3n) is 2.50. The van der Waals surface area contributed by atoms with Crippen molar-refractivity contribution in [3.05, 3.63) is 58.4 Å². The Morgan fingerprint density at radius 2 is 1.59 bits per heavy atom. The molecule has 0 nitrogen and oxygen atoms in total. The Kier molecular flexibility index (Phi) is 3.11. The van der Waals surface area contributed by atoms with Crippen molar-refractivity contribution in [3.8, 4) is 11.1 Å². The highest BCUT2D eigenvalue weighted by Crippen LogP contribution is 2.33. The molecule has 0 aliphatic heterocycles. The van der Waals surface area contributed by atoms with Crippen LogP contribution in [0.5, 0.6) is 0 Å². The Balaban J connectivity index is 2.73. The van der Waals surface area contributed by atoms with Gasteiger partial charge in [0.2, 0.25) is 0 Å². The van der Waals surface area contributed by atoms with Crippen LogP contribution in [-0.4, -0.2) is 0 Å². The Morgan fingerprint density at radius 3 is 2.24 bits per heavy atom. The predicted octanol–water partition coefficient (Wildman–Crippen LogP) is 4.73. The molecule has 17 heavy (non-hydrogen) atoms. The van der Waals surface area contributed by atoms with E-state index in [4.69, 9.17) is 11.6 Å². The maximum atomic E-state index is 13.6. The van der Waals surface area contributed by atoms with Crippen LogP contribution in [0.2, 0.25) is 5.02 Å². The second kappa shape index (κ2) is 4.41. The summed E-state index contributed by atoms with van der Waals surface area (Å²) in [6.07, 6.45) is 0. The minimum Gasteiger partial charge on any atom is -0.206 e. The van der Waals surface area contributed by atoms with Crippen molar-refractivity contribution in [3.63, 3.8) is 0 Å². The summed E-state index contributed by atoms with van der Waals surface area (Å²) in [4.78, 5) is 0. The SMILES string of the molecule is Cc1cccc(Cl)c1-c1cc(F)c(F)cc1F. The molecule has 0 bridgehead atoms. The third-order valence-corrected chi connectivity index (χ3v) is 2.82. The molecule has 0 fully saturated rings. The van der Waals surface area contributed by atoms with E-state index in [1.165, 1.54) is 0 Å². The highest BCUT2D eigenvalue weighted by atomic mass is 35.5. The molecule has 0 aromatic heterocycles. The fourth-order valence-corrected chi connectivity index (χ4v) is 2.01. The largest absolute Gasteiger partial charge is 0.206 e. The average molecular weight is 257 g/mol. The lowest BCUT2D eigenvalue weighted by atomic mass is 10.00. The van der Waals surface area contributed by atoms with Crippen LogP contribution in [0.15, 0.2) is 30.3 Å². The molecule has 2 aromatic rings. The number of benzene rings is 2. The lowest BCUT2D eigenvalue weighted by molar-refractivity contribution is 0.496. The molecule has 0 amide bonds. The highest BCUT2D eigenvalue weighted by Gasteiger charge is 2.15. The average Bonchev–Trinajstić information content (AvgIpc) is 2.25. The topological polar surface area (TPSA) is 0 Å². The minimum atomic E-state index is -1.21. The van der Waals surface area contributed by atoms with E-state index in [9.17, 15) is 13.2 Å². The van der Waals surface area contributed by atoms with Gasteiger partial charge < -0.3 is 0 Å². The Morgan fingerprint density at radius 1 is 0.941 bits per heavy atom. The van der Waals surface area contributed by atoms with Gasteiger partial charge in [-0.1, -0.05) is 23.7 Å². The molecule has 0 spiro atoms. The maximum Gasteiger partial charge on any atom is 0.161 e. The molecule has 0 N–H and O–H groups in total. The van der Waals surface area contributed by atoms with E-state index in [2.05, 4.69) is 0 Å². The fraction of sp³-hybridized carbons (Fsp3) is 0.0769. The quantitative estimate of drug-likeness (QED) is 0.647. The van der Waals surface area contributed by atoms with E-state index in [0.717, 1.165) is 6.07 Å². The van der Waals surface area contributed by atoms with E-state index < -0.39 is 17.5 Å². The van der Waals surface area contributed by atoms with Gasteiger partial charge in [0.15, 0.2) is 11.6 Å². The molecule has 0 atom stereocenters. The second-order valence-electron chi connectivity index (χ2n) is 3.68. The lowest BCUT2D eigenvalue weighted by Crippen LogP contribution is -1.93. The zero-order valence-corrected chi connectivity index (χ0v) is 9.65. The molecule has 0 heterocycles. The first-order chi connectivity index (χ1) is 8.00. The summed E-state index contributed by atoms with van der Waals surface area (Å²) >= 11 is 5.95. The van der Waals surface area contributed by atoms with E-state index >= 15 is 0 Å². The number of hydrogen-bond acceptors (Lipinski definition) is 0. The molecule has 0 aliphatic rings. The molecule has 4 heteroatoms. The smallest absolute Gasteiger partial charge is 0.161 e. The predicted molar refractivity (Wildman–Crippen MR) is 61.5 cm³/mol. The van der Waals surface area contributed by atoms with Crippen molar-refractivity contribution in [2.45, 2.75) is 6.92 Å². The van der Waals surface area contributed by atoms with Crippen LogP contribution in [0, 0.1) is 24.4 Å². The Labute approximate surface area is 102 Å². The van der Waals surface area contributed by atoms with Gasteiger partial charge in [-0.15, -0.1) is 0 Å². The van der Waals surface area contributed by atoms with Gasteiger partial charge in [0.05, 0.1) is 0 Å². The Hall–Kier alpha value is -1.48. The molecule has 2 rings (SSSR count). The van der Waals surface area contributed by atoms with Gasteiger partial charge in [0.1, 0.15) is 5.82 Å². The normalized spacial score (nSPS) is 10.6. The van der Waals surface area contributed by atoms with Crippen molar-refractivity contribution < 1.29 is 13.2 Å². The summed E-state index contributed by atoms with van der Waals surface area (Å²) in [6, 6.07) is 6.35. The van der Waals surface area contributed by atoms with Crippen LogP contribution in [0.25, 0.3) is 11.1 Å². The fourth-order valence-electron chi connectivity index (χ4n) is 1.69. The molecule has 88 valence electrons. The monoisotopic (exact) mass is 256 g/mol. The van der Waals surface area contributed by atoms with Crippen molar-refractivity contribution in [2.75, 3.05) is 0 Å². The first-order valence-corrected chi connectivity index (χ1v) is 5.28. The second-order valence-corrected chi connectivity index (χ2v) is 4.09. The highest BCUT2D eigenvalue weighted by molar-refractivity contribution is 6.33. The van der Waals surface area contributed by atoms with Crippen molar-refractivity contribution >= 4 is 11.6 Å². The van der Waals surface area contributed by atoms with E-state index in [0.29, 0.717) is 22.2 Å². The molecular weight excluding hydrogens is 249 g/mol. The summed E-state index contributed by atoms with van der Waals surface area (Å²) in [5.74, 6) is -3.14. The summed E-state index contributed by atoms with van der Waals surface area (Å²) in [5, 5.41) is 0.301. The molecule has 0 saturated heterocycles. The standard InChI is InChI=1S/C13H8ClF3/c1-7-3-2-4-9(14)13(7)8-5-11(16)12(17)6-10(8)15/h2-6H,1H3. The number of hydrogen-bond donors (Lipinski definition) is 0. The summed E-state index contributed by atoms with van der Waals surface area (Å²) in [7, 11) is 0. The zero-order chi connectivity index (χ0) is 12.6. The van der Waals surface area contributed by atoms with Crippen LogP contribution in [0.4, 0.5) is 13.2 Å². The van der Waals surface area contributed by atoms with Gasteiger partial charge in [-0.05, 0) is 24.6 Å². The van der Waals surface area contributed by atoms with Gasteiger partial charge in [-0.3, -0.25) is 0 Å². The molecule has 0 saturated carbocycles. The number of halogens is 4. The van der Waals surface area contributed by atoms with Gasteiger partial charge in [0.25, 0.3) is 0 Å². The minimum absolute atomic E-state index is 0.0352. The van der Waals surface area contributed by atoms with Crippen molar-refractivity contribution in [1.82, 2.24) is 0 Å². The van der Waals surface area contributed by atoms with Crippen molar-refractivity contribution in [1.29, 1.82) is 0 Å². The van der Waals surface area contributed by atoms with Crippen molar-refractivity contribution in [2.24, 2.45) is 0 Å². The van der Waals surface area contributed by atoms with E-state index in [1.54, 1.807) is 25.1 Å².